The summed E-state index contributed by atoms with van der Waals surface area (Å²) in [5.74, 6) is -2.18. The molecule has 7 heteroatoms. The Kier molecular flexibility index (Phi) is 6.87. The monoisotopic (exact) mass is 481 g/mol. The minimum absolute atomic E-state index is 0.276. The first-order chi connectivity index (χ1) is 17.0. The average molecular weight is 482 g/mol. The molecular weight excluding hydrogens is 448 g/mol. The van der Waals surface area contributed by atoms with Crippen LogP contribution < -0.4 is 5.32 Å². The second kappa shape index (κ2) is 10.1. The van der Waals surface area contributed by atoms with E-state index >= 15 is 0 Å². The van der Waals surface area contributed by atoms with Crippen LogP contribution in [-0.2, 0) is 16.6 Å². The van der Waals surface area contributed by atoms with Crippen LogP contribution in [0, 0.1) is 11.6 Å². The van der Waals surface area contributed by atoms with Crippen LogP contribution in [0.25, 0.3) is 0 Å². The highest BCUT2D eigenvalue weighted by Crippen LogP contribution is 2.46. The summed E-state index contributed by atoms with van der Waals surface area (Å²) in [6.45, 7) is 3.49. The lowest BCUT2D eigenvalue weighted by Crippen LogP contribution is -2.48. The summed E-state index contributed by atoms with van der Waals surface area (Å²) in [7, 11) is 0. The highest BCUT2D eigenvalue weighted by Gasteiger charge is 2.40. The van der Waals surface area contributed by atoms with E-state index in [4.69, 9.17) is 0 Å². The lowest BCUT2D eigenvalue weighted by molar-refractivity contribution is -0.132. The Morgan fingerprint density at radius 1 is 1.03 bits per heavy atom. The summed E-state index contributed by atoms with van der Waals surface area (Å²) in [5.41, 5.74) is 3.85. The third-order valence-electron chi connectivity index (χ3n) is 8.20. The van der Waals surface area contributed by atoms with E-state index < -0.39 is 23.7 Å². The zero-order valence-electron chi connectivity index (χ0n) is 20.1. The number of hydrogen-bond donors (Lipinski definition) is 1. The van der Waals surface area contributed by atoms with Gasteiger partial charge in [0.05, 0.1) is 6.04 Å². The number of carbonyl (C=O) groups excluding carboxylic acids is 2. The smallest absolute Gasteiger partial charge is 0.324 e. The quantitative estimate of drug-likeness (QED) is 0.605. The van der Waals surface area contributed by atoms with Gasteiger partial charge in [0.25, 0.3) is 0 Å². The molecule has 2 aliphatic heterocycles. The Balaban J connectivity index is 1.11. The molecule has 35 heavy (non-hydrogen) atoms. The van der Waals surface area contributed by atoms with Gasteiger partial charge in [0, 0.05) is 13.0 Å². The van der Waals surface area contributed by atoms with E-state index in [9.17, 15) is 18.4 Å². The first-order valence-electron chi connectivity index (χ1n) is 12.8. The summed E-state index contributed by atoms with van der Waals surface area (Å²) in [4.78, 5) is 29.1. The fourth-order valence-corrected chi connectivity index (χ4v) is 6.23. The molecule has 1 spiro atoms. The number of likely N-dealkylation sites (tertiary alicyclic amines) is 2. The molecule has 0 radical (unpaired) electrons. The molecular formula is C28H33F2N3O2. The van der Waals surface area contributed by atoms with E-state index in [2.05, 4.69) is 34.5 Å². The molecule has 3 amide bonds. The Hall–Kier alpha value is -2.80. The number of carbonyl (C=O) groups is 2. The molecule has 2 fully saturated rings. The van der Waals surface area contributed by atoms with Crippen molar-refractivity contribution >= 4 is 11.9 Å². The third kappa shape index (κ3) is 4.83. The van der Waals surface area contributed by atoms with Gasteiger partial charge in [0.2, 0.25) is 5.91 Å². The Morgan fingerprint density at radius 3 is 2.63 bits per heavy atom. The van der Waals surface area contributed by atoms with Crippen molar-refractivity contribution in [2.24, 2.45) is 0 Å². The normalized spacial score (nSPS) is 21.8. The first kappa shape index (κ1) is 23.9. The van der Waals surface area contributed by atoms with Gasteiger partial charge in [-0.2, -0.15) is 0 Å². The molecule has 0 aromatic heterocycles. The summed E-state index contributed by atoms with van der Waals surface area (Å²) >= 11 is 0. The number of benzene rings is 2. The van der Waals surface area contributed by atoms with Gasteiger partial charge in [0.1, 0.15) is 0 Å². The van der Waals surface area contributed by atoms with Crippen LogP contribution in [0.2, 0.25) is 0 Å². The third-order valence-corrected chi connectivity index (χ3v) is 8.20. The minimum Gasteiger partial charge on any atom is -0.338 e. The van der Waals surface area contributed by atoms with Gasteiger partial charge in [-0.3, -0.25) is 9.69 Å². The molecule has 5 nitrogen and oxygen atoms in total. The minimum atomic E-state index is -0.967. The van der Waals surface area contributed by atoms with Crippen LogP contribution in [0.3, 0.4) is 0 Å². The molecule has 2 saturated heterocycles. The maximum atomic E-state index is 13.8. The van der Waals surface area contributed by atoms with Crippen molar-refractivity contribution in [2.75, 3.05) is 26.2 Å². The fraction of sp³-hybridized carbons (Fsp3) is 0.500. The van der Waals surface area contributed by atoms with E-state index in [1.807, 2.05) is 0 Å². The highest BCUT2D eigenvalue weighted by molar-refractivity contribution is 5.95. The maximum absolute atomic E-state index is 13.8. The number of urea groups is 1. The number of halogens is 2. The number of hydrogen-bond acceptors (Lipinski definition) is 3. The van der Waals surface area contributed by atoms with E-state index in [-0.39, 0.29) is 12.3 Å². The van der Waals surface area contributed by atoms with Crippen molar-refractivity contribution in [2.45, 2.75) is 62.8 Å². The van der Waals surface area contributed by atoms with Gasteiger partial charge >= 0.3 is 6.03 Å². The predicted octanol–water partition coefficient (Wildman–Crippen LogP) is 5.10. The predicted molar refractivity (Wildman–Crippen MR) is 130 cm³/mol. The standard InChI is InChI=1S/C28H33F2N3O2/c29-23-10-9-21(19-24(23)30)25-7-3-8-26(34)33(25)27(35)31-15-4-16-32-17-13-28(14-18-32)12-11-20-5-1-2-6-22(20)28/h1-2,5-6,9-10,19,25H,3-4,7-8,11-18H2,(H,31,35)/t25-/m1/s1. The molecule has 2 heterocycles. The van der Waals surface area contributed by atoms with Gasteiger partial charge < -0.3 is 10.2 Å². The van der Waals surface area contributed by atoms with Crippen LogP contribution in [0.1, 0.15) is 67.7 Å². The number of aryl methyl sites for hydroxylation is 1. The number of nitrogens with one attached hydrogen (secondary N) is 1. The van der Waals surface area contributed by atoms with Crippen molar-refractivity contribution in [1.82, 2.24) is 15.1 Å². The van der Waals surface area contributed by atoms with Crippen LogP contribution >= 0.6 is 0 Å². The Bertz CT molecular complexity index is 1100. The lowest BCUT2D eigenvalue weighted by Gasteiger charge is -2.40. The average Bonchev–Trinajstić information content (AvgIpc) is 3.22. The van der Waals surface area contributed by atoms with Crippen LogP contribution in [-0.4, -0.2) is 47.9 Å². The summed E-state index contributed by atoms with van der Waals surface area (Å²) in [6, 6.07) is 11.4. The van der Waals surface area contributed by atoms with Gasteiger partial charge in [-0.05, 0) is 98.8 Å². The largest absolute Gasteiger partial charge is 0.338 e. The van der Waals surface area contributed by atoms with E-state index in [1.165, 1.54) is 42.2 Å². The first-order valence-corrected chi connectivity index (χ1v) is 12.8. The number of imide groups is 1. The Labute approximate surface area is 205 Å². The summed E-state index contributed by atoms with van der Waals surface area (Å²) in [6.07, 6.45) is 7.03. The molecule has 1 aliphatic carbocycles. The molecule has 1 atom stereocenters. The second-order valence-corrected chi connectivity index (χ2v) is 10.2. The van der Waals surface area contributed by atoms with Crippen LogP contribution in [0.5, 0.6) is 0 Å². The van der Waals surface area contributed by atoms with Crippen molar-refractivity contribution in [1.29, 1.82) is 0 Å². The molecule has 3 aliphatic rings. The molecule has 0 unspecified atom stereocenters. The van der Waals surface area contributed by atoms with Gasteiger partial charge in [0.15, 0.2) is 11.6 Å². The molecule has 5 rings (SSSR count). The number of nitrogens with zero attached hydrogens (tertiary/aromatic N) is 2. The number of fused-ring (bicyclic) bond motifs is 2. The van der Waals surface area contributed by atoms with Gasteiger partial charge in [-0.15, -0.1) is 0 Å². The lowest BCUT2D eigenvalue weighted by atomic mass is 9.74. The van der Waals surface area contributed by atoms with Crippen molar-refractivity contribution in [3.8, 4) is 0 Å². The molecule has 0 bridgehead atoms. The molecule has 1 N–H and O–H groups in total. The van der Waals surface area contributed by atoms with Gasteiger partial charge in [-0.1, -0.05) is 30.3 Å². The van der Waals surface area contributed by atoms with Crippen molar-refractivity contribution < 1.29 is 18.4 Å². The van der Waals surface area contributed by atoms with Crippen LogP contribution in [0.4, 0.5) is 13.6 Å². The Morgan fingerprint density at radius 2 is 1.83 bits per heavy atom. The summed E-state index contributed by atoms with van der Waals surface area (Å²) in [5, 5.41) is 2.88. The molecule has 2 aromatic carbocycles. The second-order valence-electron chi connectivity index (χ2n) is 10.2. The highest BCUT2D eigenvalue weighted by atomic mass is 19.2. The topological polar surface area (TPSA) is 52.7 Å². The summed E-state index contributed by atoms with van der Waals surface area (Å²) < 4.78 is 27.1. The molecule has 0 saturated carbocycles. The molecule has 186 valence electrons. The van der Waals surface area contributed by atoms with Crippen molar-refractivity contribution in [3.05, 3.63) is 70.8 Å². The number of piperidine rings is 2. The molecule has 2 aromatic rings. The van der Waals surface area contributed by atoms with E-state index in [1.54, 1.807) is 5.56 Å². The van der Waals surface area contributed by atoms with Gasteiger partial charge in [-0.25, -0.2) is 13.6 Å². The van der Waals surface area contributed by atoms with E-state index in [0.29, 0.717) is 30.4 Å². The zero-order chi connectivity index (χ0) is 24.4. The SMILES string of the molecule is O=C1CCC[C@H](c2ccc(F)c(F)c2)N1C(=O)NCCCN1CCC2(CCc3ccccc32)CC1. The fourth-order valence-electron chi connectivity index (χ4n) is 6.23. The number of amides is 3. The van der Waals surface area contributed by atoms with Crippen molar-refractivity contribution in [3.63, 3.8) is 0 Å². The van der Waals surface area contributed by atoms with E-state index in [0.717, 1.165) is 38.2 Å². The maximum Gasteiger partial charge on any atom is 0.324 e. The van der Waals surface area contributed by atoms with Crippen LogP contribution in [0.15, 0.2) is 42.5 Å². The zero-order valence-corrected chi connectivity index (χ0v) is 20.1. The number of rotatable bonds is 5.